The van der Waals surface area contributed by atoms with Crippen molar-refractivity contribution in [2.75, 3.05) is 0 Å². The van der Waals surface area contributed by atoms with Crippen LogP contribution >= 0.6 is 0 Å². The maximum absolute atomic E-state index is 13.8. The van der Waals surface area contributed by atoms with Gasteiger partial charge in [0.05, 0.1) is 17.6 Å². The Morgan fingerprint density at radius 1 is 0.527 bits per heavy atom. The second-order valence-electron chi connectivity index (χ2n) is 12.9. The summed E-state index contributed by atoms with van der Waals surface area (Å²) in [5.41, 5.74) is -1.67. The predicted octanol–water partition coefficient (Wildman–Crippen LogP) is 3.39. The molecule has 55 heavy (non-hydrogen) atoms. The van der Waals surface area contributed by atoms with Crippen molar-refractivity contribution in [1.29, 1.82) is 0 Å². The topological polar surface area (TPSA) is 328 Å². The number of carbonyl (C=O) groups is 1. The van der Waals surface area contributed by atoms with Gasteiger partial charge in [-0.25, -0.2) is 4.79 Å². The highest BCUT2D eigenvalue weighted by molar-refractivity contribution is 5.91. The Balaban J connectivity index is 1.42. The molecule has 0 radical (unpaired) electrons. The fourth-order valence-corrected chi connectivity index (χ4v) is 6.86. The normalized spacial score (nSPS) is 20.1. The van der Waals surface area contributed by atoms with Crippen LogP contribution in [0.1, 0.15) is 56.3 Å². The highest BCUT2D eigenvalue weighted by Crippen LogP contribution is 2.58. The molecular formula is C37H30O18. The van der Waals surface area contributed by atoms with Crippen molar-refractivity contribution in [3.8, 4) is 86.2 Å². The summed E-state index contributed by atoms with van der Waals surface area (Å²) in [6.45, 7) is 0. The first-order chi connectivity index (χ1) is 25.9. The summed E-state index contributed by atoms with van der Waals surface area (Å²) >= 11 is 0. The number of carbonyl (C=O) groups excluding carboxylic acids is 1. The number of esters is 1. The highest BCUT2D eigenvalue weighted by atomic mass is 16.6. The average molecular weight is 763 g/mol. The van der Waals surface area contributed by atoms with Crippen LogP contribution in [-0.2, 0) is 11.2 Å². The van der Waals surface area contributed by atoms with Crippen LogP contribution in [0.4, 0.5) is 0 Å². The number of hydrogen-bond donors (Lipinski definition) is 14. The fraction of sp³-hybridized carbons (Fsp3) is 0.162. The molecule has 0 amide bonds. The summed E-state index contributed by atoms with van der Waals surface area (Å²) in [6, 6.07) is 8.25. The van der Waals surface area contributed by atoms with E-state index in [2.05, 4.69) is 0 Å². The van der Waals surface area contributed by atoms with Gasteiger partial charge in [-0.2, -0.15) is 0 Å². The Morgan fingerprint density at radius 2 is 1.00 bits per heavy atom. The van der Waals surface area contributed by atoms with Crippen molar-refractivity contribution in [3.63, 3.8) is 0 Å². The molecule has 5 atom stereocenters. The molecule has 18 heteroatoms. The van der Waals surface area contributed by atoms with Gasteiger partial charge in [-0.05, 0) is 36.4 Å². The number of fused-ring (bicyclic) bond motifs is 2. The van der Waals surface area contributed by atoms with Gasteiger partial charge in [-0.1, -0.05) is 0 Å². The van der Waals surface area contributed by atoms with Gasteiger partial charge in [0.1, 0.15) is 34.5 Å². The zero-order chi connectivity index (χ0) is 39.8. The minimum Gasteiger partial charge on any atom is -0.508 e. The number of hydrogen-bond acceptors (Lipinski definition) is 18. The zero-order valence-corrected chi connectivity index (χ0v) is 27.7. The quantitative estimate of drug-likeness (QED) is 0.0901. The third kappa shape index (κ3) is 5.95. The van der Waals surface area contributed by atoms with Gasteiger partial charge in [0.25, 0.3) is 0 Å². The van der Waals surface area contributed by atoms with Crippen molar-refractivity contribution >= 4 is 5.97 Å². The lowest BCUT2D eigenvalue weighted by Gasteiger charge is -2.40. The van der Waals surface area contributed by atoms with E-state index in [0.29, 0.717) is 0 Å². The van der Waals surface area contributed by atoms with E-state index in [1.165, 1.54) is 0 Å². The van der Waals surface area contributed by atoms with Crippen LogP contribution in [0.2, 0.25) is 0 Å². The molecule has 5 aromatic carbocycles. The SMILES string of the molecule is O=C(OC1C(c2cc(O)c(O)c(O)c2)Oc2cc(O)cc(O)c2C1c1c(O)cc2c(c1O)CC(O)C(c1cc(O)c(O)c(O)c1)O2)c1cc(O)c(O)c(O)c1. The highest BCUT2D eigenvalue weighted by Gasteiger charge is 2.48. The lowest BCUT2D eigenvalue weighted by molar-refractivity contribution is -0.0275. The van der Waals surface area contributed by atoms with E-state index in [0.717, 1.165) is 54.6 Å². The maximum Gasteiger partial charge on any atom is 0.338 e. The molecule has 0 bridgehead atoms. The summed E-state index contributed by atoms with van der Waals surface area (Å²) in [7, 11) is 0. The van der Waals surface area contributed by atoms with Crippen molar-refractivity contribution in [1.82, 2.24) is 0 Å². The van der Waals surface area contributed by atoms with E-state index in [9.17, 15) is 76.3 Å². The standard InChI is InChI=1S/C37H30O18/c38-14-7-16(39)27-26(8-14)54-35(12-3-20(43)32(50)21(44)4-12)36(55-37(52)13-5-22(45)33(51)23(46)6-13)29(27)28-17(40)10-25-15(30(28)48)9-24(47)34(53-25)11-1-18(41)31(49)19(42)2-11/h1-8,10,24,29,34-36,38-51H,9H2. The van der Waals surface area contributed by atoms with E-state index in [-0.39, 0.29) is 33.8 Å². The molecular weight excluding hydrogens is 732 g/mol. The molecule has 14 N–H and O–H groups in total. The molecule has 0 aliphatic carbocycles. The number of aromatic hydroxyl groups is 13. The van der Waals surface area contributed by atoms with E-state index < -0.39 is 129 Å². The van der Waals surface area contributed by atoms with Crippen LogP contribution < -0.4 is 9.47 Å². The van der Waals surface area contributed by atoms with Gasteiger partial charge >= 0.3 is 5.97 Å². The first-order valence-corrected chi connectivity index (χ1v) is 16.1. The molecule has 2 heterocycles. The van der Waals surface area contributed by atoms with Crippen molar-refractivity contribution < 1.29 is 90.5 Å². The number of rotatable bonds is 5. The molecule has 2 aliphatic heterocycles. The first-order valence-electron chi connectivity index (χ1n) is 16.1. The molecule has 0 fully saturated rings. The summed E-state index contributed by atoms with van der Waals surface area (Å²) in [5, 5.41) is 147. The van der Waals surface area contributed by atoms with Crippen molar-refractivity contribution in [3.05, 3.63) is 88.0 Å². The van der Waals surface area contributed by atoms with Gasteiger partial charge in [0, 0.05) is 52.4 Å². The van der Waals surface area contributed by atoms with E-state index in [4.69, 9.17) is 14.2 Å². The van der Waals surface area contributed by atoms with E-state index in [1.54, 1.807) is 0 Å². The van der Waals surface area contributed by atoms with Crippen LogP contribution in [-0.4, -0.2) is 89.7 Å². The fourth-order valence-electron chi connectivity index (χ4n) is 6.86. The lowest BCUT2D eigenvalue weighted by atomic mass is 9.77. The van der Waals surface area contributed by atoms with Crippen molar-refractivity contribution in [2.24, 2.45) is 0 Å². The molecule has 0 saturated carbocycles. The number of ether oxygens (including phenoxy) is 3. The molecule has 0 spiro atoms. The molecule has 18 nitrogen and oxygen atoms in total. The monoisotopic (exact) mass is 762 g/mol. The first kappa shape index (κ1) is 35.9. The van der Waals surface area contributed by atoms with E-state index in [1.807, 2.05) is 0 Å². The second kappa shape index (κ2) is 12.9. The van der Waals surface area contributed by atoms with Gasteiger partial charge in [0.2, 0.25) is 0 Å². The Hall–Kier alpha value is -7.47. The van der Waals surface area contributed by atoms with Crippen LogP contribution in [0.15, 0.2) is 54.6 Å². The molecule has 7 rings (SSSR count). The third-order valence-corrected chi connectivity index (χ3v) is 9.40. The lowest BCUT2D eigenvalue weighted by Crippen LogP contribution is -2.39. The largest absolute Gasteiger partial charge is 0.508 e. The number of phenolic OH excluding ortho intramolecular Hbond substituents is 13. The Morgan fingerprint density at radius 3 is 1.55 bits per heavy atom. The Kier molecular flexibility index (Phi) is 8.41. The van der Waals surface area contributed by atoms with Gasteiger partial charge < -0.3 is 85.7 Å². The molecule has 5 aromatic rings. The molecule has 5 unspecified atom stereocenters. The number of benzene rings is 5. The number of phenols is 13. The Bertz CT molecular complexity index is 2340. The van der Waals surface area contributed by atoms with Crippen LogP contribution in [0.25, 0.3) is 0 Å². The van der Waals surface area contributed by atoms with Crippen LogP contribution in [0.5, 0.6) is 86.2 Å². The van der Waals surface area contributed by atoms with Gasteiger partial charge in [-0.15, -0.1) is 0 Å². The summed E-state index contributed by atoms with van der Waals surface area (Å²) in [4.78, 5) is 13.8. The molecule has 2 aliphatic rings. The van der Waals surface area contributed by atoms with Gasteiger partial charge in [0.15, 0.2) is 70.1 Å². The van der Waals surface area contributed by atoms with Crippen molar-refractivity contribution in [2.45, 2.75) is 36.8 Å². The third-order valence-electron chi connectivity index (χ3n) is 9.40. The minimum atomic E-state index is -1.88. The zero-order valence-electron chi connectivity index (χ0n) is 27.7. The summed E-state index contributed by atoms with van der Waals surface area (Å²) in [6.07, 6.45) is -6.83. The molecule has 286 valence electrons. The second-order valence-corrected chi connectivity index (χ2v) is 12.9. The van der Waals surface area contributed by atoms with E-state index >= 15 is 0 Å². The molecule has 0 aromatic heterocycles. The number of aliphatic hydroxyl groups excluding tert-OH is 1. The van der Waals surface area contributed by atoms with Gasteiger partial charge in [-0.3, -0.25) is 0 Å². The summed E-state index contributed by atoms with van der Waals surface area (Å²) in [5.74, 6) is -14.2. The average Bonchev–Trinajstić information content (AvgIpc) is 3.11. The maximum atomic E-state index is 13.8. The Labute approximate surface area is 307 Å². The minimum absolute atomic E-state index is 0.00128. The van der Waals surface area contributed by atoms with Crippen LogP contribution in [0.3, 0.4) is 0 Å². The smallest absolute Gasteiger partial charge is 0.338 e. The van der Waals surface area contributed by atoms with Crippen LogP contribution in [0, 0.1) is 0 Å². The molecule has 0 saturated heterocycles. The summed E-state index contributed by atoms with van der Waals surface area (Å²) < 4.78 is 17.8. The number of aliphatic hydroxyl groups is 1. The predicted molar refractivity (Wildman–Crippen MR) is 181 cm³/mol.